The van der Waals surface area contributed by atoms with Gasteiger partial charge >= 0.3 is 0 Å². The number of hydrogen-bond donors (Lipinski definition) is 1. The van der Waals surface area contributed by atoms with Gasteiger partial charge in [-0.25, -0.2) is 0 Å². The number of hydrogen-bond acceptors (Lipinski definition) is 3. The molecule has 2 atom stereocenters. The Morgan fingerprint density at radius 2 is 2.06 bits per heavy atom. The first kappa shape index (κ1) is 10.1. The number of likely N-dealkylation sites (N-methyl/N-ethyl adjacent to an activating group) is 1. The third kappa shape index (κ3) is 1.60. The van der Waals surface area contributed by atoms with E-state index in [1.54, 1.807) is 6.07 Å². The number of phenols is 1. The number of para-hydroxylation sites is 1. The summed E-state index contributed by atoms with van der Waals surface area (Å²) >= 11 is 0. The van der Waals surface area contributed by atoms with Crippen LogP contribution in [0.1, 0.15) is 12.0 Å². The van der Waals surface area contributed by atoms with Crippen LogP contribution in [0.2, 0.25) is 0 Å². The molecule has 0 saturated carbocycles. The Balaban J connectivity index is 1.71. The number of rotatable bonds is 2. The Kier molecular flexibility index (Phi) is 2.37. The first-order valence-corrected chi connectivity index (χ1v) is 5.95. The summed E-state index contributed by atoms with van der Waals surface area (Å²) in [6.07, 6.45) is 1.30. The van der Waals surface area contributed by atoms with Gasteiger partial charge in [-0.2, -0.15) is 0 Å². The standard InChI is InChI=1S/C13H18N2O/c1-14-8-12-6-11(14)9-15(12)7-10-4-2-3-5-13(10)16/h2-5,11-12,16H,6-9H2,1H3. The molecule has 0 aromatic heterocycles. The molecule has 1 N–H and O–H groups in total. The van der Waals surface area contributed by atoms with Crippen LogP contribution in [0, 0.1) is 0 Å². The van der Waals surface area contributed by atoms with Gasteiger partial charge in [0.15, 0.2) is 0 Å². The quantitative estimate of drug-likeness (QED) is 0.810. The highest BCUT2D eigenvalue weighted by molar-refractivity contribution is 5.31. The van der Waals surface area contributed by atoms with Crippen molar-refractivity contribution < 1.29 is 5.11 Å². The summed E-state index contributed by atoms with van der Waals surface area (Å²) in [6, 6.07) is 9.09. The van der Waals surface area contributed by atoms with Crippen LogP contribution in [-0.4, -0.2) is 47.1 Å². The maximum Gasteiger partial charge on any atom is 0.120 e. The van der Waals surface area contributed by atoms with Crippen LogP contribution in [0.4, 0.5) is 0 Å². The van der Waals surface area contributed by atoms with Crippen LogP contribution in [-0.2, 0) is 6.54 Å². The van der Waals surface area contributed by atoms with Gasteiger partial charge in [0.25, 0.3) is 0 Å². The largest absolute Gasteiger partial charge is 0.508 e. The zero-order chi connectivity index (χ0) is 11.1. The summed E-state index contributed by atoms with van der Waals surface area (Å²) in [6.45, 7) is 3.22. The molecule has 2 aliphatic heterocycles. The maximum absolute atomic E-state index is 9.76. The van der Waals surface area contributed by atoms with Crippen LogP contribution < -0.4 is 0 Å². The molecule has 3 heteroatoms. The van der Waals surface area contributed by atoms with Gasteiger partial charge in [-0.1, -0.05) is 18.2 Å². The number of likely N-dealkylation sites (tertiary alicyclic amines) is 2. The van der Waals surface area contributed by atoms with Gasteiger partial charge in [-0.15, -0.1) is 0 Å². The van der Waals surface area contributed by atoms with Crippen LogP contribution in [0.25, 0.3) is 0 Å². The molecule has 16 heavy (non-hydrogen) atoms. The lowest BCUT2D eigenvalue weighted by atomic mass is 10.1. The van der Waals surface area contributed by atoms with Crippen molar-refractivity contribution in [1.82, 2.24) is 9.80 Å². The normalized spacial score (nSPS) is 30.1. The minimum Gasteiger partial charge on any atom is -0.508 e. The van der Waals surface area contributed by atoms with E-state index in [4.69, 9.17) is 0 Å². The highest BCUT2D eigenvalue weighted by Crippen LogP contribution is 2.31. The minimum atomic E-state index is 0.429. The van der Waals surface area contributed by atoms with Gasteiger partial charge in [-0.05, 0) is 19.5 Å². The van der Waals surface area contributed by atoms with E-state index in [0.717, 1.165) is 24.7 Å². The Labute approximate surface area is 96.3 Å². The number of phenolic OH excluding ortho intramolecular Hbond substituents is 1. The molecule has 2 unspecified atom stereocenters. The zero-order valence-corrected chi connectivity index (χ0v) is 9.63. The fourth-order valence-corrected chi connectivity index (χ4v) is 3.01. The van der Waals surface area contributed by atoms with Crippen molar-refractivity contribution in [2.24, 2.45) is 0 Å². The summed E-state index contributed by atoms with van der Waals surface area (Å²) in [5.74, 6) is 0.429. The molecule has 0 radical (unpaired) electrons. The van der Waals surface area contributed by atoms with Gasteiger partial charge in [0.2, 0.25) is 0 Å². The molecular formula is C13H18N2O. The summed E-state index contributed by atoms with van der Waals surface area (Å²) in [5.41, 5.74) is 1.05. The fraction of sp³-hybridized carbons (Fsp3) is 0.538. The van der Waals surface area contributed by atoms with E-state index < -0.39 is 0 Å². The second-order valence-electron chi connectivity index (χ2n) is 5.04. The molecule has 2 bridgehead atoms. The van der Waals surface area contributed by atoms with Crippen LogP contribution in [0.15, 0.2) is 24.3 Å². The lowest BCUT2D eigenvalue weighted by molar-refractivity contribution is 0.142. The summed E-state index contributed by atoms with van der Waals surface area (Å²) < 4.78 is 0. The predicted octanol–water partition coefficient (Wildman–Crippen LogP) is 1.28. The topological polar surface area (TPSA) is 26.7 Å². The van der Waals surface area contributed by atoms with E-state index in [1.807, 2.05) is 18.2 Å². The van der Waals surface area contributed by atoms with Gasteiger partial charge in [-0.3, -0.25) is 4.90 Å². The summed E-state index contributed by atoms with van der Waals surface area (Å²) in [7, 11) is 2.21. The monoisotopic (exact) mass is 218 g/mol. The number of nitrogens with zero attached hydrogens (tertiary/aromatic N) is 2. The maximum atomic E-state index is 9.76. The average molecular weight is 218 g/mol. The average Bonchev–Trinajstić information content (AvgIpc) is 2.80. The lowest BCUT2D eigenvalue weighted by Gasteiger charge is -2.31. The SMILES string of the molecule is CN1CC2CC1CN2Cc1ccccc1O. The van der Waals surface area contributed by atoms with Crippen molar-refractivity contribution in [1.29, 1.82) is 0 Å². The van der Waals surface area contributed by atoms with E-state index in [1.165, 1.54) is 13.0 Å². The highest BCUT2D eigenvalue weighted by Gasteiger charge is 2.41. The molecule has 3 nitrogen and oxygen atoms in total. The van der Waals surface area contributed by atoms with Crippen molar-refractivity contribution in [2.45, 2.75) is 25.0 Å². The van der Waals surface area contributed by atoms with Gasteiger partial charge in [0.05, 0.1) is 0 Å². The fourth-order valence-electron chi connectivity index (χ4n) is 3.01. The molecule has 86 valence electrons. The summed E-state index contributed by atoms with van der Waals surface area (Å²) in [4.78, 5) is 4.95. The lowest BCUT2D eigenvalue weighted by Crippen LogP contribution is -2.43. The first-order chi connectivity index (χ1) is 7.74. The third-order valence-corrected chi connectivity index (χ3v) is 3.99. The molecule has 1 aromatic carbocycles. The Morgan fingerprint density at radius 1 is 1.25 bits per heavy atom. The third-order valence-electron chi connectivity index (χ3n) is 3.99. The van der Waals surface area contributed by atoms with Crippen LogP contribution in [0.3, 0.4) is 0 Å². The number of fused-ring (bicyclic) bond motifs is 2. The van der Waals surface area contributed by atoms with Crippen LogP contribution >= 0.6 is 0 Å². The smallest absolute Gasteiger partial charge is 0.120 e. The number of benzene rings is 1. The van der Waals surface area contributed by atoms with Crippen molar-refractivity contribution in [3.63, 3.8) is 0 Å². The predicted molar refractivity (Wildman–Crippen MR) is 63.3 cm³/mol. The molecule has 0 spiro atoms. The molecular weight excluding hydrogens is 200 g/mol. The van der Waals surface area contributed by atoms with Gasteiger partial charge in [0, 0.05) is 37.3 Å². The molecule has 2 heterocycles. The Bertz CT molecular complexity index is 391. The number of piperazine rings is 1. The second-order valence-corrected chi connectivity index (χ2v) is 5.04. The van der Waals surface area contributed by atoms with Gasteiger partial charge < -0.3 is 10.0 Å². The highest BCUT2D eigenvalue weighted by atomic mass is 16.3. The van der Waals surface area contributed by atoms with Gasteiger partial charge in [0.1, 0.15) is 5.75 Å². The Hall–Kier alpha value is -1.06. The molecule has 3 rings (SSSR count). The molecule has 0 aliphatic carbocycles. The number of aromatic hydroxyl groups is 1. The van der Waals surface area contributed by atoms with Crippen molar-refractivity contribution in [2.75, 3.05) is 20.1 Å². The summed E-state index contributed by atoms with van der Waals surface area (Å²) in [5, 5.41) is 9.76. The van der Waals surface area contributed by atoms with E-state index in [9.17, 15) is 5.11 Å². The van der Waals surface area contributed by atoms with E-state index in [-0.39, 0.29) is 0 Å². The van der Waals surface area contributed by atoms with E-state index >= 15 is 0 Å². The molecule has 2 fully saturated rings. The Morgan fingerprint density at radius 3 is 2.69 bits per heavy atom. The molecule has 2 aliphatic rings. The molecule has 2 saturated heterocycles. The van der Waals surface area contributed by atoms with Crippen LogP contribution in [0.5, 0.6) is 5.75 Å². The molecule has 1 aromatic rings. The zero-order valence-electron chi connectivity index (χ0n) is 9.63. The first-order valence-electron chi connectivity index (χ1n) is 5.95. The van der Waals surface area contributed by atoms with Crippen molar-refractivity contribution >= 4 is 0 Å². The second kappa shape index (κ2) is 3.75. The van der Waals surface area contributed by atoms with Crippen molar-refractivity contribution in [3.8, 4) is 5.75 Å². The van der Waals surface area contributed by atoms with E-state index in [2.05, 4.69) is 16.8 Å². The molecule has 0 amide bonds. The van der Waals surface area contributed by atoms with Crippen molar-refractivity contribution in [3.05, 3.63) is 29.8 Å². The van der Waals surface area contributed by atoms with E-state index in [0.29, 0.717) is 11.8 Å². The minimum absolute atomic E-state index is 0.429.